The van der Waals surface area contributed by atoms with E-state index in [2.05, 4.69) is 32.2 Å². The highest BCUT2D eigenvalue weighted by atomic mass is 35.5. The van der Waals surface area contributed by atoms with Crippen LogP contribution in [-0.2, 0) is 6.54 Å². The summed E-state index contributed by atoms with van der Waals surface area (Å²) in [7, 11) is 5.62. The average Bonchev–Trinajstić information content (AvgIpc) is 3.62. The predicted octanol–water partition coefficient (Wildman–Crippen LogP) is 4.16. The zero-order valence-electron chi connectivity index (χ0n) is 25.5. The minimum Gasteiger partial charge on any atom is -0.492 e. The summed E-state index contributed by atoms with van der Waals surface area (Å²) in [6.45, 7) is 6.24. The maximum atomic E-state index is 13.4. The van der Waals surface area contributed by atoms with Crippen molar-refractivity contribution in [3.63, 3.8) is 0 Å². The lowest BCUT2D eigenvalue weighted by Crippen LogP contribution is -2.45. The van der Waals surface area contributed by atoms with Crippen molar-refractivity contribution in [2.24, 2.45) is 0 Å². The van der Waals surface area contributed by atoms with E-state index in [0.717, 1.165) is 54.9 Å². The van der Waals surface area contributed by atoms with Crippen molar-refractivity contribution in [1.29, 1.82) is 0 Å². The van der Waals surface area contributed by atoms with E-state index in [1.54, 1.807) is 35.8 Å². The number of benzene rings is 2. The third-order valence-electron chi connectivity index (χ3n) is 7.84. The van der Waals surface area contributed by atoms with Crippen molar-refractivity contribution in [2.75, 3.05) is 65.8 Å². The normalized spacial score (nSPS) is 13.7. The molecule has 5 aromatic rings. The van der Waals surface area contributed by atoms with Gasteiger partial charge in [0.15, 0.2) is 0 Å². The Morgan fingerprint density at radius 1 is 0.978 bits per heavy atom. The van der Waals surface area contributed by atoms with Crippen LogP contribution >= 0.6 is 24.8 Å². The fourth-order valence-electron chi connectivity index (χ4n) is 5.34. The van der Waals surface area contributed by atoms with E-state index in [-0.39, 0.29) is 36.6 Å². The zero-order chi connectivity index (χ0) is 29.9. The molecule has 1 saturated heterocycles. The van der Waals surface area contributed by atoms with Crippen molar-refractivity contribution in [3.05, 3.63) is 90.0 Å². The number of pyridine rings is 1. The molecule has 11 nitrogen and oxygen atoms in total. The van der Waals surface area contributed by atoms with Crippen LogP contribution in [0.3, 0.4) is 0 Å². The molecule has 6 rings (SSSR count). The van der Waals surface area contributed by atoms with Gasteiger partial charge in [0.05, 0.1) is 30.1 Å². The molecule has 0 saturated carbocycles. The number of nitrogens with zero attached hydrogens (tertiary/aromatic N) is 7. The molecule has 45 heavy (non-hydrogen) atoms. The topological polar surface area (TPSA) is 100 Å². The molecule has 1 aliphatic heterocycles. The molecule has 2 amide bonds. The van der Waals surface area contributed by atoms with Crippen LogP contribution in [0.25, 0.3) is 16.6 Å². The number of nitrogens with one attached hydrogen (secondary N) is 1. The van der Waals surface area contributed by atoms with E-state index in [1.165, 1.54) is 0 Å². The Hall–Kier alpha value is -4.16. The summed E-state index contributed by atoms with van der Waals surface area (Å²) in [6.07, 6.45) is 5.14. The first-order valence-corrected chi connectivity index (χ1v) is 14.4. The van der Waals surface area contributed by atoms with Crippen molar-refractivity contribution < 1.29 is 14.3 Å². The first-order valence-electron chi connectivity index (χ1n) is 14.4. The summed E-state index contributed by atoms with van der Waals surface area (Å²) in [5.74, 6) is 0.411. The summed E-state index contributed by atoms with van der Waals surface area (Å²) >= 11 is 0. The molecule has 1 aliphatic rings. The van der Waals surface area contributed by atoms with Gasteiger partial charge >= 0.3 is 0 Å². The highest BCUT2D eigenvalue weighted by Gasteiger charge is 2.17. The van der Waals surface area contributed by atoms with E-state index in [9.17, 15) is 9.59 Å². The number of rotatable bonds is 9. The number of amides is 2. The smallest absolute Gasteiger partial charge is 0.274 e. The second-order valence-corrected chi connectivity index (χ2v) is 11.1. The number of hydrogen-bond acceptors (Lipinski definition) is 7. The predicted molar refractivity (Wildman–Crippen MR) is 180 cm³/mol. The molecule has 1 N–H and O–H groups in total. The van der Waals surface area contributed by atoms with Crippen LogP contribution < -0.4 is 10.1 Å². The number of imidazole rings is 1. The quantitative estimate of drug-likeness (QED) is 0.255. The molecule has 0 bridgehead atoms. The Kier molecular flexibility index (Phi) is 11.1. The number of carbonyl (C=O) groups excluding carboxylic acids is 2. The van der Waals surface area contributed by atoms with Crippen LogP contribution in [0.1, 0.15) is 26.4 Å². The molecule has 3 aromatic heterocycles. The van der Waals surface area contributed by atoms with Gasteiger partial charge in [-0.2, -0.15) is 5.10 Å². The van der Waals surface area contributed by atoms with E-state index in [4.69, 9.17) is 4.74 Å². The molecule has 238 valence electrons. The second-order valence-electron chi connectivity index (χ2n) is 11.1. The largest absolute Gasteiger partial charge is 0.492 e. The molecule has 4 heterocycles. The molecule has 0 unspecified atom stereocenters. The Morgan fingerprint density at radius 3 is 2.53 bits per heavy atom. The number of piperazine rings is 1. The van der Waals surface area contributed by atoms with Gasteiger partial charge in [-0.25, -0.2) is 4.98 Å². The third kappa shape index (κ3) is 7.56. The van der Waals surface area contributed by atoms with Crippen molar-refractivity contribution in [3.8, 4) is 5.75 Å². The Morgan fingerprint density at radius 2 is 1.76 bits per heavy atom. The van der Waals surface area contributed by atoms with Gasteiger partial charge in [0.2, 0.25) is 0 Å². The molecule has 0 spiro atoms. The molecular formula is C32H38Cl2N8O3. The fraction of sp³-hybridized carbons (Fsp3) is 0.312. The maximum absolute atomic E-state index is 13.4. The molecule has 0 atom stereocenters. The van der Waals surface area contributed by atoms with Crippen LogP contribution in [0.15, 0.2) is 73.2 Å². The van der Waals surface area contributed by atoms with Gasteiger partial charge in [0, 0.05) is 70.0 Å². The molecule has 2 aromatic carbocycles. The van der Waals surface area contributed by atoms with Crippen LogP contribution in [-0.4, -0.2) is 106 Å². The number of fused-ring (bicyclic) bond motifs is 2. The van der Waals surface area contributed by atoms with Gasteiger partial charge in [-0.1, -0.05) is 18.2 Å². The average molecular weight is 654 g/mol. The van der Waals surface area contributed by atoms with Gasteiger partial charge in [0.1, 0.15) is 23.7 Å². The summed E-state index contributed by atoms with van der Waals surface area (Å²) in [5.41, 5.74) is 4.18. The lowest BCUT2D eigenvalue weighted by molar-refractivity contribution is 0.0827. The van der Waals surface area contributed by atoms with Crippen LogP contribution in [0, 0.1) is 0 Å². The third-order valence-corrected chi connectivity index (χ3v) is 7.84. The zero-order valence-corrected chi connectivity index (χ0v) is 27.2. The van der Waals surface area contributed by atoms with Gasteiger partial charge in [0.25, 0.3) is 11.8 Å². The number of anilines is 1. The molecule has 1 fully saturated rings. The minimum atomic E-state index is -0.272. The number of halogens is 2. The number of aromatic nitrogens is 4. The number of likely N-dealkylation sites (N-methyl/N-ethyl adjacent to an activating group) is 1. The Labute approximate surface area is 274 Å². The first-order chi connectivity index (χ1) is 20.9. The van der Waals surface area contributed by atoms with E-state index in [1.807, 2.05) is 65.5 Å². The Balaban J connectivity index is 0.00000230. The standard InChI is InChI=1S/C32H36N8O3.2ClH/c1-36(2)32(42)24-7-4-6-23(18-24)22-40-28-9-5-8-27(26(28)20-34-40)35-31(41)29-21-33-30-19-25(10-11-39(29)30)43-17-16-38-14-12-37(3)13-15-38;;/h4-11,18-21H,12-17,22H2,1-3H3,(H,35,41);2*1H. The maximum Gasteiger partial charge on any atom is 0.274 e. The second kappa shape index (κ2) is 14.7. The van der Waals surface area contributed by atoms with Crippen molar-refractivity contribution >= 4 is 58.9 Å². The highest BCUT2D eigenvalue weighted by Crippen LogP contribution is 2.25. The SMILES string of the molecule is CN1CCN(CCOc2ccn3c(C(=O)Nc4cccc5c4cnn5Cc4cccc(C(=O)N(C)C)c4)cnc3c2)CC1.Cl.Cl. The van der Waals surface area contributed by atoms with Crippen LogP contribution in [0.2, 0.25) is 0 Å². The summed E-state index contributed by atoms with van der Waals surface area (Å²) in [4.78, 5) is 36.5. The minimum absolute atomic E-state index is 0. The lowest BCUT2D eigenvalue weighted by atomic mass is 10.1. The Bertz CT molecular complexity index is 1780. The van der Waals surface area contributed by atoms with Gasteiger partial charge in [-0.3, -0.25) is 23.6 Å². The molecule has 0 aliphatic carbocycles. The number of ether oxygens (including phenoxy) is 1. The fourth-order valence-corrected chi connectivity index (χ4v) is 5.34. The monoisotopic (exact) mass is 652 g/mol. The van der Waals surface area contributed by atoms with E-state index < -0.39 is 0 Å². The van der Waals surface area contributed by atoms with Gasteiger partial charge in [-0.15, -0.1) is 24.8 Å². The summed E-state index contributed by atoms with van der Waals surface area (Å²) in [5, 5.41) is 8.44. The van der Waals surface area contributed by atoms with E-state index in [0.29, 0.717) is 35.7 Å². The molecule has 0 radical (unpaired) electrons. The summed E-state index contributed by atoms with van der Waals surface area (Å²) < 4.78 is 9.62. The summed E-state index contributed by atoms with van der Waals surface area (Å²) in [6, 6.07) is 17.0. The molecular weight excluding hydrogens is 615 g/mol. The van der Waals surface area contributed by atoms with Crippen molar-refractivity contribution in [1.82, 2.24) is 33.9 Å². The lowest BCUT2D eigenvalue weighted by Gasteiger charge is -2.32. The van der Waals surface area contributed by atoms with Crippen LogP contribution in [0.4, 0.5) is 5.69 Å². The van der Waals surface area contributed by atoms with Crippen molar-refractivity contribution in [2.45, 2.75) is 6.54 Å². The molecule has 13 heteroatoms. The number of carbonyl (C=O) groups is 2. The highest BCUT2D eigenvalue weighted by molar-refractivity contribution is 6.08. The first kappa shape index (κ1) is 33.7. The van der Waals surface area contributed by atoms with Crippen LogP contribution in [0.5, 0.6) is 5.75 Å². The van der Waals surface area contributed by atoms with Gasteiger partial charge < -0.3 is 19.9 Å². The number of hydrogen-bond donors (Lipinski definition) is 1. The van der Waals surface area contributed by atoms with Gasteiger partial charge in [-0.05, 0) is 42.9 Å². The van der Waals surface area contributed by atoms with E-state index >= 15 is 0 Å².